The number of hydrogen-bond donors (Lipinski definition) is 6. The number of nitrogens with two attached hydrogens (primary N) is 1. The number of nitrogens with zero attached hydrogens (tertiary/aromatic N) is 5. The number of β-amino-alcohol motifs (C(OH)–C–C–N with tert-alkyl or cyclic N) is 1. The Morgan fingerprint density at radius 2 is 1.64 bits per heavy atom. The molecule has 4 amide bonds. The number of aromatic hydroxyl groups is 1. The quantitative estimate of drug-likeness (QED) is 0.0816. The molecular weight excluding hydrogens is 795 g/mol. The number of likely N-dealkylation sites (tertiary alicyclic amines) is 1. The number of hydrogen-bond acceptors (Lipinski definition) is 12. The second-order valence-electron chi connectivity index (χ2n) is 17.2. The number of unbranched alkanes of at least 4 members (excludes halogenated alkanes) is 3. The lowest BCUT2D eigenvalue weighted by Gasteiger charge is -2.35. The first-order valence-electron chi connectivity index (χ1n) is 21.2. The molecule has 0 saturated carbocycles. The van der Waals surface area contributed by atoms with Crippen LogP contribution < -0.4 is 26.6 Å². The SMILES string of the molecule is Cc1ncsc1-c1ccc(CNC(=O)[C@@H]2C[C@@H](O)CN2C(=O)[C@@H](NC(=O)CCCCCCC(=O)NC2CCN(c3cc(-c4ccccc4O)nnc3N)CC2)C(C)(C)C)cc1. The Hall–Kier alpha value is -5.61. The molecule has 4 heterocycles. The number of piperidine rings is 1. The van der Waals surface area contributed by atoms with Gasteiger partial charge in [0.1, 0.15) is 17.8 Å². The smallest absolute Gasteiger partial charge is 0.246 e. The summed E-state index contributed by atoms with van der Waals surface area (Å²) in [6, 6.07) is 15.0. The molecule has 2 aliphatic rings. The van der Waals surface area contributed by atoms with Gasteiger partial charge in [0, 0.05) is 57.0 Å². The Morgan fingerprint density at radius 1 is 0.951 bits per heavy atom. The number of carbonyl (C=O) groups excluding carboxylic acids is 4. The number of nitrogen functional groups attached to an aromatic ring is 1. The maximum Gasteiger partial charge on any atom is 0.246 e. The summed E-state index contributed by atoms with van der Waals surface area (Å²) in [6.07, 6.45) is 4.24. The van der Waals surface area contributed by atoms with Gasteiger partial charge in [0.05, 0.1) is 33.6 Å². The molecule has 0 unspecified atom stereocenters. The zero-order chi connectivity index (χ0) is 43.7. The summed E-state index contributed by atoms with van der Waals surface area (Å²) in [5.41, 5.74) is 12.1. The van der Waals surface area contributed by atoms with E-state index in [4.69, 9.17) is 5.73 Å². The number of aromatic nitrogens is 3. The largest absolute Gasteiger partial charge is 0.507 e. The van der Waals surface area contributed by atoms with Crippen molar-refractivity contribution in [3.63, 3.8) is 0 Å². The summed E-state index contributed by atoms with van der Waals surface area (Å²) in [5.74, 6) is -0.560. The summed E-state index contributed by atoms with van der Waals surface area (Å²) in [5, 5.41) is 38.2. The van der Waals surface area contributed by atoms with Crippen molar-refractivity contribution in [3.05, 3.63) is 71.4 Å². The van der Waals surface area contributed by atoms with Crippen LogP contribution in [0.15, 0.2) is 60.1 Å². The molecule has 4 aromatic rings. The van der Waals surface area contributed by atoms with Crippen LogP contribution in [0.25, 0.3) is 21.7 Å². The van der Waals surface area contributed by atoms with Crippen LogP contribution in [0.5, 0.6) is 5.75 Å². The number of thiazole rings is 1. The normalized spacial score (nSPS) is 17.5. The number of carbonyl (C=O) groups is 4. The Morgan fingerprint density at radius 3 is 2.30 bits per heavy atom. The highest BCUT2D eigenvalue weighted by Gasteiger charge is 2.44. The van der Waals surface area contributed by atoms with Crippen molar-refractivity contribution in [1.82, 2.24) is 36.0 Å². The highest BCUT2D eigenvalue weighted by Crippen LogP contribution is 2.33. The topological polar surface area (TPSA) is 216 Å². The minimum Gasteiger partial charge on any atom is -0.507 e. The zero-order valence-corrected chi connectivity index (χ0v) is 36.3. The summed E-state index contributed by atoms with van der Waals surface area (Å²) >= 11 is 1.58. The lowest BCUT2D eigenvalue weighted by atomic mass is 9.85. The average Bonchev–Trinajstić information content (AvgIpc) is 3.85. The van der Waals surface area contributed by atoms with Crippen LogP contribution >= 0.6 is 11.3 Å². The third-order valence-electron chi connectivity index (χ3n) is 11.5. The van der Waals surface area contributed by atoms with Gasteiger partial charge in [-0.05, 0) is 67.3 Å². The Balaban J connectivity index is 0.891. The molecule has 2 aromatic carbocycles. The van der Waals surface area contributed by atoms with Crippen molar-refractivity contribution in [1.29, 1.82) is 0 Å². The number of benzene rings is 2. The molecule has 61 heavy (non-hydrogen) atoms. The monoisotopic (exact) mass is 853 g/mol. The van der Waals surface area contributed by atoms with Crippen LogP contribution in [0.1, 0.15) is 89.8 Å². The zero-order valence-electron chi connectivity index (χ0n) is 35.5. The Labute approximate surface area is 361 Å². The first-order chi connectivity index (χ1) is 29.2. The predicted octanol–water partition coefficient (Wildman–Crippen LogP) is 5.10. The fraction of sp³-hybridized carbons (Fsp3) is 0.489. The number of aliphatic hydroxyl groups excluding tert-OH is 1. The van der Waals surface area contributed by atoms with Crippen molar-refractivity contribution in [3.8, 4) is 27.4 Å². The summed E-state index contributed by atoms with van der Waals surface area (Å²) in [6.45, 7) is 9.22. The van der Waals surface area contributed by atoms with Gasteiger partial charge in [0.25, 0.3) is 0 Å². The average molecular weight is 854 g/mol. The van der Waals surface area contributed by atoms with Crippen LogP contribution in [0.2, 0.25) is 0 Å². The maximum atomic E-state index is 14.0. The van der Waals surface area contributed by atoms with Gasteiger partial charge < -0.3 is 41.7 Å². The Kier molecular flexibility index (Phi) is 15.0. The van der Waals surface area contributed by atoms with E-state index in [1.807, 2.05) is 69.6 Å². The Bertz CT molecular complexity index is 2150. The van der Waals surface area contributed by atoms with Crippen LogP contribution in [0.3, 0.4) is 0 Å². The van der Waals surface area contributed by atoms with Crippen molar-refractivity contribution in [2.75, 3.05) is 30.3 Å². The number of aliphatic hydroxyl groups is 1. The van der Waals surface area contributed by atoms with Gasteiger partial charge in [-0.2, -0.15) is 0 Å². The van der Waals surface area contributed by atoms with E-state index in [1.54, 1.807) is 29.5 Å². The molecule has 326 valence electrons. The molecule has 2 aliphatic heterocycles. The molecular formula is C45H59N9O6S. The van der Waals surface area contributed by atoms with E-state index in [1.165, 1.54) is 4.90 Å². The van der Waals surface area contributed by atoms with Crippen molar-refractivity contribution in [2.24, 2.45) is 5.41 Å². The minimum absolute atomic E-state index is 0.00480. The van der Waals surface area contributed by atoms with Crippen LogP contribution in [-0.2, 0) is 25.7 Å². The molecule has 7 N–H and O–H groups in total. The third kappa shape index (κ3) is 11.8. The van der Waals surface area contributed by atoms with Crippen molar-refractivity contribution < 1.29 is 29.4 Å². The number of amides is 4. The van der Waals surface area contributed by atoms with Crippen LogP contribution in [0, 0.1) is 12.3 Å². The molecule has 0 spiro atoms. The fourth-order valence-electron chi connectivity index (χ4n) is 7.97. The predicted molar refractivity (Wildman–Crippen MR) is 236 cm³/mol. The van der Waals surface area contributed by atoms with Gasteiger partial charge in [0.15, 0.2) is 5.82 Å². The van der Waals surface area contributed by atoms with E-state index in [0.29, 0.717) is 49.4 Å². The minimum atomic E-state index is -0.890. The fourth-order valence-corrected chi connectivity index (χ4v) is 8.78. The van der Waals surface area contributed by atoms with Gasteiger partial charge in [-0.3, -0.25) is 19.2 Å². The van der Waals surface area contributed by atoms with Gasteiger partial charge in [-0.15, -0.1) is 21.5 Å². The van der Waals surface area contributed by atoms with Gasteiger partial charge >= 0.3 is 0 Å². The first kappa shape index (κ1) is 44.9. The standard InChI is InChI=1S/C45H59N9O6S/c1-28-40(61-27-48-28)30-17-15-29(16-18-30)25-47-43(59)36-23-32(55)26-54(36)44(60)41(45(2,3)4)50-39(58)14-8-6-5-7-13-38(57)49-31-19-21-53(22-20-31)35-24-34(51-52-42(35)46)33-11-9-10-12-37(33)56/h9-12,15-18,24,27,31-32,36,41,55-56H,5-8,13-14,19-23,25-26H2,1-4H3,(H2,46,52)(H,47,59)(H,49,57)(H,50,58)/t32-,36+,41-/m1/s1. The second-order valence-corrected chi connectivity index (χ2v) is 18.1. The van der Waals surface area contributed by atoms with Gasteiger partial charge in [-0.25, -0.2) is 4.98 Å². The number of phenols is 1. The lowest BCUT2D eigenvalue weighted by molar-refractivity contribution is -0.144. The molecule has 0 aliphatic carbocycles. The van der Waals surface area contributed by atoms with Gasteiger partial charge in [0.2, 0.25) is 23.6 Å². The number of aryl methyl sites for hydroxylation is 1. The van der Waals surface area contributed by atoms with E-state index >= 15 is 0 Å². The van der Waals surface area contributed by atoms with E-state index < -0.39 is 29.5 Å². The molecule has 0 radical (unpaired) electrons. The van der Waals surface area contributed by atoms with Crippen molar-refractivity contribution >= 4 is 46.5 Å². The number of anilines is 2. The van der Waals surface area contributed by atoms with E-state index in [2.05, 4.69) is 36.0 Å². The first-order valence-corrected chi connectivity index (χ1v) is 22.1. The second kappa shape index (κ2) is 20.3. The van der Waals surface area contributed by atoms with E-state index in [-0.39, 0.29) is 55.4 Å². The molecule has 16 heteroatoms. The molecule has 0 bridgehead atoms. The van der Waals surface area contributed by atoms with Crippen molar-refractivity contribution in [2.45, 2.75) is 116 Å². The maximum absolute atomic E-state index is 14.0. The summed E-state index contributed by atoms with van der Waals surface area (Å²) in [7, 11) is 0. The number of rotatable bonds is 16. The molecule has 2 saturated heterocycles. The number of para-hydroxylation sites is 1. The lowest BCUT2D eigenvalue weighted by Crippen LogP contribution is -2.57. The molecule has 2 fully saturated rings. The van der Waals surface area contributed by atoms with Crippen LogP contribution in [0.4, 0.5) is 11.5 Å². The molecule has 6 rings (SSSR count). The van der Waals surface area contributed by atoms with Gasteiger partial charge in [-0.1, -0.05) is 70.0 Å². The summed E-state index contributed by atoms with van der Waals surface area (Å²) in [4.78, 5) is 62.3. The summed E-state index contributed by atoms with van der Waals surface area (Å²) < 4.78 is 0. The molecule has 3 atom stereocenters. The number of phenolic OH excluding ortho intramolecular Hbond substituents is 1. The highest BCUT2D eigenvalue weighted by atomic mass is 32.1. The van der Waals surface area contributed by atoms with Crippen LogP contribution in [-0.4, -0.2) is 97.8 Å². The highest BCUT2D eigenvalue weighted by molar-refractivity contribution is 7.13. The molecule has 2 aromatic heterocycles. The van der Waals surface area contributed by atoms with E-state index in [0.717, 1.165) is 53.1 Å². The number of nitrogens with one attached hydrogen (secondary N) is 3. The third-order valence-corrected chi connectivity index (χ3v) is 12.4. The van der Waals surface area contributed by atoms with E-state index in [9.17, 15) is 29.4 Å². The molecule has 15 nitrogen and oxygen atoms in total.